The number of carbonyl (C=O) groups excluding carboxylic acids is 1. The second-order valence-corrected chi connectivity index (χ2v) is 9.98. The van der Waals surface area contributed by atoms with Crippen molar-refractivity contribution in [1.29, 1.82) is 0 Å². The van der Waals surface area contributed by atoms with Gasteiger partial charge in [-0.05, 0) is 75.7 Å². The minimum Gasteiger partial charge on any atom is -0.361 e. The molecule has 2 aromatic carbocycles. The molecule has 1 aliphatic heterocycles. The van der Waals surface area contributed by atoms with Gasteiger partial charge >= 0.3 is 0 Å². The monoisotopic (exact) mass is 441 g/mol. The number of aromatic amines is 1. The fourth-order valence-electron chi connectivity index (χ4n) is 5.98. The number of hydrogen-bond donors (Lipinski definition) is 1. The SMILES string of the molecule is CN(C)C1(c2ccccc2)CCC(=CC(=O)N2CCC(c3c[nH]c4ccccc34)CC2)CC1. The van der Waals surface area contributed by atoms with Gasteiger partial charge in [0.2, 0.25) is 5.91 Å². The number of allylic oxidation sites excluding steroid dienone is 1. The first-order valence-electron chi connectivity index (χ1n) is 12.3. The summed E-state index contributed by atoms with van der Waals surface area (Å²) in [6.07, 6.45) is 10.3. The van der Waals surface area contributed by atoms with Crippen molar-refractivity contribution in [2.75, 3.05) is 27.2 Å². The maximum atomic E-state index is 13.1. The van der Waals surface area contributed by atoms with Gasteiger partial charge in [0.1, 0.15) is 0 Å². The molecule has 1 saturated heterocycles. The smallest absolute Gasteiger partial charge is 0.246 e. The first kappa shape index (κ1) is 22.0. The zero-order valence-electron chi connectivity index (χ0n) is 19.9. The third kappa shape index (κ3) is 4.24. The number of aromatic nitrogens is 1. The lowest BCUT2D eigenvalue weighted by Gasteiger charge is -2.44. The van der Waals surface area contributed by atoms with E-state index in [0.717, 1.165) is 51.6 Å². The summed E-state index contributed by atoms with van der Waals surface area (Å²) >= 11 is 0. The summed E-state index contributed by atoms with van der Waals surface area (Å²) in [6.45, 7) is 1.69. The summed E-state index contributed by atoms with van der Waals surface area (Å²) in [7, 11) is 4.37. The zero-order valence-corrected chi connectivity index (χ0v) is 19.9. The van der Waals surface area contributed by atoms with Crippen LogP contribution in [0.2, 0.25) is 0 Å². The average molecular weight is 442 g/mol. The van der Waals surface area contributed by atoms with Crippen LogP contribution in [0.4, 0.5) is 0 Å². The molecule has 0 unspecified atom stereocenters. The molecule has 2 fully saturated rings. The minimum absolute atomic E-state index is 0.0688. The van der Waals surface area contributed by atoms with Gasteiger partial charge in [0.05, 0.1) is 0 Å². The predicted molar refractivity (Wildman–Crippen MR) is 135 cm³/mol. The Labute approximate surface area is 197 Å². The van der Waals surface area contributed by atoms with Gasteiger partial charge in [0.15, 0.2) is 0 Å². The van der Waals surface area contributed by atoms with Crippen molar-refractivity contribution in [3.8, 4) is 0 Å². The van der Waals surface area contributed by atoms with Crippen LogP contribution in [0.1, 0.15) is 55.6 Å². The van der Waals surface area contributed by atoms with E-state index in [0.29, 0.717) is 5.92 Å². The number of likely N-dealkylation sites (tertiary alicyclic amines) is 1. The van der Waals surface area contributed by atoms with E-state index in [1.54, 1.807) is 0 Å². The second kappa shape index (κ2) is 9.18. The number of H-pyrrole nitrogens is 1. The molecule has 3 aromatic rings. The molecule has 1 aromatic heterocycles. The highest BCUT2D eigenvalue weighted by molar-refractivity contribution is 5.88. The van der Waals surface area contributed by atoms with Crippen LogP contribution in [0.15, 0.2) is 72.4 Å². The Balaban J connectivity index is 1.21. The van der Waals surface area contributed by atoms with E-state index in [2.05, 4.69) is 89.7 Å². The Morgan fingerprint density at radius 3 is 2.36 bits per heavy atom. The number of piperidine rings is 1. The van der Waals surface area contributed by atoms with Crippen molar-refractivity contribution in [1.82, 2.24) is 14.8 Å². The largest absolute Gasteiger partial charge is 0.361 e. The van der Waals surface area contributed by atoms with Gasteiger partial charge in [-0.2, -0.15) is 0 Å². The first-order chi connectivity index (χ1) is 16.1. The highest BCUT2D eigenvalue weighted by Gasteiger charge is 2.37. The second-order valence-electron chi connectivity index (χ2n) is 9.98. The molecular weight excluding hydrogens is 406 g/mol. The Hall–Kier alpha value is -2.85. The zero-order chi connectivity index (χ0) is 22.8. The molecule has 0 spiro atoms. The van der Waals surface area contributed by atoms with Gasteiger partial charge in [0.25, 0.3) is 0 Å². The number of para-hydroxylation sites is 1. The molecule has 2 aliphatic rings. The fourth-order valence-corrected chi connectivity index (χ4v) is 5.98. The van der Waals surface area contributed by atoms with Crippen LogP contribution in [-0.4, -0.2) is 47.9 Å². The van der Waals surface area contributed by atoms with E-state index in [-0.39, 0.29) is 11.4 Å². The van der Waals surface area contributed by atoms with Gasteiger partial charge < -0.3 is 9.88 Å². The summed E-state index contributed by atoms with van der Waals surface area (Å²) in [5.41, 5.74) is 5.38. The van der Waals surface area contributed by atoms with Crippen molar-refractivity contribution >= 4 is 16.8 Å². The van der Waals surface area contributed by atoms with Crippen LogP contribution < -0.4 is 0 Å². The van der Waals surface area contributed by atoms with E-state index in [1.807, 2.05) is 6.08 Å². The van der Waals surface area contributed by atoms with Crippen LogP contribution in [0.5, 0.6) is 0 Å². The molecule has 5 rings (SSSR count). The topological polar surface area (TPSA) is 39.3 Å². The van der Waals surface area contributed by atoms with Gasteiger partial charge in [-0.3, -0.25) is 9.69 Å². The van der Waals surface area contributed by atoms with Crippen molar-refractivity contribution < 1.29 is 4.79 Å². The number of rotatable bonds is 4. The quantitative estimate of drug-likeness (QED) is 0.517. The van der Waals surface area contributed by atoms with Crippen LogP contribution in [0.3, 0.4) is 0 Å². The summed E-state index contributed by atoms with van der Waals surface area (Å²) in [5.74, 6) is 0.735. The summed E-state index contributed by atoms with van der Waals surface area (Å²) in [5, 5.41) is 1.33. The number of nitrogens with zero attached hydrogens (tertiary/aromatic N) is 2. The van der Waals surface area contributed by atoms with E-state index in [9.17, 15) is 4.79 Å². The third-order valence-electron chi connectivity index (χ3n) is 8.08. The molecule has 4 nitrogen and oxygen atoms in total. The molecule has 0 bridgehead atoms. The Kier molecular flexibility index (Phi) is 6.11. The van der Waals surface area contributed by atoms with Gasteiger partial charge in [-0.25, -0.2) is 0 Å². The Morgan fingerprint density at radius 1 is 1.00 bits per heavy atom. The molecular formula is C29H35N3O. The summed E-state index contributed by atoms with van der Waals surface area (Å²) in [6, 6.07) is 19.4. The third-order valence-corrected chi connectivity index (χ3v) is 8.08. The molecule has 2 heterocycles. The van der Waals surface area contributed by atoms with Crippen molar-refractivity contribution in [3.63, 3.8) is 0 Å². The summed E-state index contributed by atoms with van der Waals surface area (Å²) < 4.78 is 0. The normalized spacial score (nSPS) is 22.2. The maximum absolute atomic E-state index is 13.1. The molecule has 172 valence electrons. The lowest BCUT2D eigenvalue weighted by atomic mass is 9.74. The number of hydrogen-bond acceptors (Lipinski definition) is 2. The van der Waals surface area contributed by atoms with E-state index in [1.165, 1.54) is 27.6 Å². The first-order valence-corrected chi connectivity index (χ1v) is 12.3. The summed E-state index contributed by atoms with van der Waals surface area (Å²) in [4.78, 5) is 20.9. The number of nitrogens with one attached hydrogen (secondary N) is 1. The molecule has 0 atom stereocenters. The van der Waals surface area contributed by atoms with Crippen LogP contribution >= 0.6 is 0 Å². The average Bonchev–Trinajstić information content (AvgIpc) is 3.29. The van der Waals surface area contributed by atoms with Crippen LogP contribution in [0, 0.1) is 0 Å². The Bertz CT molecular complexity index is 1130. The van der Waals surface area contributed by atoms with Crippen LogP contribution in [0.25, 0.3) is 10.9 Å². The fraction of sp³-hybridized carbons (Fsp3) is 0.414. The van der Waals surface area contributed by atoms with E-state index >= 15 is 0 Å². The number of benzene rings is 2. The molecule has 1 N–H and O–H groups in total. The van der Waals surface area contributed by atoms with Gasteiger partial charge in [-0.15, -0.1) is 0 Å². The van der Waals surface area contributed by atoms with Crippen molar-refractivity contribution in [2.24, 2.45) is 0 Å². The predicted octanol–water partition coefficient (Wildman–Crippen LogP) is 5.83. The van der Waals surface area contributed by atoms with Crippen molar-refractivity contribution in [2.45, 2.75) is 50.0 Å². The molecule has 1 saturated carbocycles. The molecule has 1 amide bonds. The molecule has 4 heteroatoms. The molecule has 0 radical (unpaired) electrons. The van der Waals surface area contributed by atoms with E-state index in [4.69, 9.17) is 0 Å². The van der Waals surface area contributed by atoms with Crippen molar-refractivity contribution in [3.05, 3.63) is 83.6 Å². The van der Waals surface area contributed by atoms with Crippen LogP contribution in [-0.2, 0) is 10.3 Å². The molecule has 1 aliphatic carbocycles. The Morgan fingerprint density at radius 2 is 1.67 bits per heavy atom. The lowest BCUT2D eigenvalue weighted by molar-refractivity contribution is -0.127. The maximum Gasteiger partial charge on any atom is 0.246 e. The van der Waals surface area contributed by atoms with Gasteiger partial charge in [-0.1, -0.05) is 54.1 Å². The van der Waals surface area contributed by atoms with E-state index < -0.39 is 0 Å². The highest BCUT2D eigenvalue weighted by atomic mass is 16.2. The lowest BCUT2D eigenvalue weighted by Crippen LogP contribution is -2.43. The number of fused-ring (bicyclic) bond motifs is 1. The molecule has 33 heavy (non-hydrogen) atoms. The number of amides is 1. The standard InChI is InChI=1S/C29H35N3O/c1-31(2)29(24-8-4-3-5-9-24)16-12-22(13-17-29)20-28(33)32-18-14-23(15-19-32)26-21-30-27-11-7-6-10-25(26)27/h3-11,20-21,23,30H,12-19H2,1-2H3. The highest BCUT2D eigenvalue weighted by Crippen LogP contribution is 2.43. The minimum atomic E-state index is 0.0688. The number of carbonyl (C=O) groups is 1. The van der Waals surface area contributed by atoms with Gasteiger partial charge in [0, 0.05) is 41.8 Å².